The zero-order chi connectivity index (χ0) is 48.6. The molecule has 1 radical (unpaired) electrons. The van der Waals surface area contributed by atoms with Gasteiger partial charge in [0.2, 0.25) is 5.71 Å². The van der Waals surface area contributed by atoms with Gasteiger partial charge in [-0.15, -0.1) is 53.6 Å². The molecule has 0 fully saturated rings. The quantitative estimate of drug-likeness (QED) is 0.155. The Hall–Kier alpha value is -6.53. The summed E-state index contributed by atoms with van der Waals surface area (Å²) in [7, 11) is 0. The molecule has 337 valence electrons. The number of benzene rings is 6. The van der Waals surface area contributed by atoms with Crippen LogP contribution in [0.4, 0.5) is 0 Å². The Morgan fingerprint density at radius 1 is 0.716 bits per heavy atom. The second kappa shape index (κ2) is 17.6. The van der Waals surface area contributed by atoms with Crippen molar-refractivity contribution in [3.8, 4) is 50.8 Å². The third-order valence-electron chi connectivity index (χ3n) is 13.0. The van der Waals surface area contributed by atoms with Gasteiger partial charge >= 0.3 is 0 Å². The standard InChI is InChI=1S/C45H38N3O.C15H17N2.Ir/c1-26(2)33-23-29(28-15-8-7-9-16-28)24-34(27(3)4)41(33)48-39-22-13-12-21-38(39)46-43(48)32-19-14-18-30-35-25-37-40(47-44(35)49-42(30)32)31-17-10-11-20-36(31)45(37,5)6;1-11-5-7-12(8-6-11)14-16-10-9-13(17-14)15(2,3)4;/h7-18,20-27H,1-6H3;5-7,9-10H,1-4H3;/q2*-1;/i;1D3;. The SMILES string of the molecule is CC(C)c1cc(-c2ccccc2)cc(C(C)C)c1-n1c(-c2[c-]ccc3c2oc2nc4c(cc23)C(C)(C)c2ccccc2-4)nc2ccccc21.[2H]C([2H])([2H])c1c[c-]c(-c2nccc(C(C)(C)C)n2)cc1.[Ir]. The molecular formula is C60H55IrN5O-2. The van der Waals surface area contributed by atoms with E-state index < -0.39 is 6.85 Å². The molecule has 7 heteroatoms. The minimum absolute atomic E-state index is 0. The molecule has 0 unspecified atom stereocenters. The van der Waals surface area contributed by atoms with Crippen LogP contribution in [0.3, 0.4) is 0 Å². The van der Waals surface area contributed by atoms with E-state index in [1.54, 1.807) is 18.3 Å². The van der Waals surface area contributed by atoms with E-state index in [1.807, 2.05) is 12.1 Å². The Bertz CT molecular complexity index is 3540. The molecule has 6 nitrogen and oxygen atoms in total. The molecule has 0 saturated carbocycles. The van der Waals surface area contributed by atoms with Crippen LogP contribution in [0.25, 0.3) is 83.9 Å². The van der Waals surface area contributed by atoms with Crippen LogP contribution in [-0.4, -0.2) is 24.5 Å². The van der Waals surface area contributed by atoms with Crippen molar-refractivity contribution < 1.29 is 28.6 Å². The van der Waals surface area contributed by atoms with E-state index in [0.717, 1.165) is 50.2 Å². The number of nitrogens with zero attached hydrogens (tertiary/aromatic N) is 5. The van der Waals surface area contributed by atoms with Crippen LogP contribution in [-0.2, 0) is 30.9 Å². The first-order valence-corrected chi connectivity index (χ1v) is 22.9. The van der Waals surface area contributed by atoms with Crippen LogP contribution in [0.5, 0.6) is 0 Å². The average Bonchev–Trinajstić information content (AvgIpc) is 3.98. The van der Waals surface area contributed by atoms with Gasteiger partial charge in [0.15, 0.2) is 0 Å². The Morgan fingerprint density at radius 2 is 1.43 bits per heavy atom. The minimum Gasteiger partial charge on any atom is -0.486 e. The fourth-order valence-electron chi connectivity index (χ4n) is 9.40. The van der Waals surface area contributed by atoms with Crippen molar-refractivity contribution in [2.45, 2.75) is 91.8 Å². The maximum absolute atomic E-state index is 7.35. The molecule has 0 aliphatic heterocycles. The Kier molecular flexibility index (Phi) is 11.0. The summed E-state index contributed by atoms with van der Waals surface area (Å²) in [6.07, 6.45) is 1.72. The van der Waals surface area contributed by atoms with E-state index in [4.69, 9.17) is 18.5 Å². The minimum atomic E-state index is -2.11. The summed E-state index contributed by atoms with van der Waals surface area (Å²) in [6.45, 7) is 17.9. The average molecular weight is 1060 g/mol. The second-order valence-electron chi connectivity index (χ2n) is 19.6. The Morgan fingerprint density at radius 3 is 2.13 bits per heavy atom. The molecule has 6 aromatic carbocycles. The van der Waals surface area contributed by atoms with Crippen molar-refractivity contribution in [1.29, 1.82) is 0 Å². The van der Waals surface area contributed by atoms with Gasteiger partial charge in [0.25, 0.3) is 0 Å². The molecule has 4 aromatic heterocycles. The smallest absolute Gasteiger partial charge is 0.216 e. The van der Waals surface area contributed by atoms with Crippen molar-refractivity contribution >= 4 is 33.1 Å². The summed E-state index contributed by atoms with van der Waals surface area (Å²) in [6, 6.07) is 52.1. The molecule has 4 heterocycles. The van der Waals surface area contributed by atoms with Gasteiger partial charge in [0.1, 0.15) is 0 Å². The van der Waals surface area contributed by atoms with Crippen molar-refractivity contribution in [1.82, 2.24) is 24.5 Å². The Balaban J connectivity index is 0.000000244. The maximum Gasteiger partial charge on any atom is 0.216 e. The molecule has 0 N–H and O–H groups in total. The normalized spacial score (nSPS) is 13.7. The zero-order valence-electron chi connectivity index (χ0n) is 42.4. The number of aryl methyl sites for hydroxylation is 1. The number of aromatic nitrogens is 5. The summed E-state index contributed by atoms with van der Waals surface area (Å²) in [5.74, 6) is 1.93. The predicted molar refractivity (Wildman–Crippen MR) is 271 cm³/mol. The molecule has 1 aliphatic carbocycles. The molecule has 10 aromatic rings. The van der Waals surface area contributed by atoms with Gasteiger partial charge in [-0.05, 0) is 81.6 Å². The van der Waals surface area contributed by atoms with Gasteiger partial charge < -0.3 is 8.98 Å². The van der Waals surface area contributed by atoms with Gasteiger partial charge in [0.05, 0.1) is 34.0 Å². The molecule has 0 atom stereocenters. The number of furan rings is 1. The van der Waals surface area contributed by atoms with Gasteiger partial charge in [-0.2, -0.15) is 0 Å². The number of hydrogen-bond acceptors (Lipinski definition) is 5. The molecule has 0 saturated heterocycles. The predicted octanol–water partition coefficient (Wildman–Crippen LogP) is 15.6. The van der Waals surface area contributed by atoms with Crippen LogP contribution in [0.1, 0.15) is 112 Å². The van der Waals surface area contributed by atoms with Crippen molar-refractivity contribution in [2.24, 2.45) is 0 Å². The summed E-state index contributed by atoms with van der Waals surface area (Å²) >= 11 is 0. The second-order valence-corrected chi connectivity index (χ2v) is 19.6. The number of para-hydroxylation sites is 2. The summed E-state index contributed by atoms with van der Waals surface area (Å²) < 4.78 is 31.2. The van der Waals surface area contributed by atoms with Gasteiger partial charge in [-0.3, -0.25) is 15.0 Å². The van der Waals surface area contributed by atoms with Crippen molar-refractivity contribution in [3.05, 3.63) is 185 Å². The molecule has 0 amide bonds. The van der Waals surface area contributed by atoms with Crippen molar-refractivity contribution in [2.75, 3.05) is 0 Å². The van der Waals surface area contributed by atoms with Gasteiger partial charge in [0, 0.05) is 63.6 Å². The van der Waals surface area contributed by atoms with E-state index in [9.17, 15) is 0 Å². The molecule has 11 rings (SSSR count). The van der Waals surface area contributed by atoms with Crippen LogP contribution >= 0.6 is 0 Å². The van der Waals surface area contributed by atoms with E-state index in [1.165, 1.54) is 50.7 Å². The van der Waals surface area contributed by atoms with Gasteiger partial charge in [-0.1, -0.05) is 147 Å². The maximum atomic E-state index is 7.35. The number of rotatable bonds is 6. The Labute approximate surface area is 412 Å². The number of hydrogen-bond donors (Lipinski definition) is 0. The largest absolute Gasteiger partial charge is 0.486 e. The molecular weight excluding hydrogens is 999 g/mol. The fourth-order valence-corrected chi connectivity index (χ4v) is 9.40. The van der Waals surface area contributed by atoms with E-state index in [2.05, 4.69) is 192 Å². The molecule has 0 bridgehead atoms. The summed E-state index contributed by atoms with van der Waals surface area (Å²) in [5, 5.41) is 2.04. The molecule has 0 spiro atoms. The van der Waals surface area contributed by atoms with Crippen LogP contribution < -0.4 is 0 Å². The number of fused-ring (bicyclic) bond motifs is 7. The first-order chi connectivity index (χ1) is 32.9. The first-order valence-electron chi connectivity index (χ1n) is 24.4. The van der Waals surface area contributed by atoms with Gasteiger partial charge in [-0.25, -0.2) is 4.98 Å². The van der Waals surface area contributed by atoms with E-state index >= 15 is 0 Å². The third kappa shape index (κ3) is 8.13. The van der Waals surface area contributed by atoms with Crippen LogP contribution in [0, 0.1) is 19.0 Å². The van der Waals surface area contributed by atoms with Crippen LogP contribution in [0.2, 0.25) is 0 Å². The zero-order valence-corrected chi connectivity index (χ0v) is 41.8. The molecule has 67 heavy (non-hydrogen) atoms. The molecule has 1 aliphatic rings. The van der Waals surface area contributed by atoms with E-state index in [-0.39, 0.29) is 48.3 Å². The third-order valence-corrected chi connectivity index (χ3v) is 13.0. The summed E-state index contributed by atoms with van der Waals surface area (Å²) in [5.41, 5.74) is 16.9. The van der Waals surface area contributed by atoms with Crippen molar-refractivity contribution in [3.63, 3.8) is 0 Å². The van der Waals surface area contributed by atoms with E-state index in [0.29, 0.717) is 17.1 Å². The topological polar surface area (TPSA) is 69.6 Å². The van der Waals surface area contributed by atoms with Crippen LogP contribution in [0.15, 0.2) is 144 Å². The monoisotopic (exact) mass is 1060 g/mol. The summed E-state index contributed by atoms with van der Waals surface area (Å²) in [4.78, 5) is 19.3. The number of imidazole rings is 1. The fraction of sp³-hybridized carbons (Fsp3) is 0.233. The first kappa shape index (κ1) is 41.9. The number of pyridine rings is 1.